The number of para-hydroxylation sites is 1. The Morgan fingerprint density at radius 1 is 1.20 bits per heavy atom. The third-order valence-electron chi connectivity index (χ3n) is 4.36. The average Bonchev–Trinajstić information content (AvgIpc) is 2.59. The number of aliphatic imine (C=N–C) groups is 1. The van der Waals surface area contributed by atoms with Crippen LogP contribution in [0.1, 0.15) is 33.3 Å². The number of benzene rings is 1. The van der Waals surface area contributed by atoms with Gasteiger partial charge in [0, 0.05) is 32.1 Å². The molecule has 0 saturated carbocycles. The van der Waals surface area contributed by atoms with Crippen LogP contribution in [-0.4, -0.2) is 37.6 Å². The molecule has 1 heterocycles. The highest BCUT2D eigenvalue weighted by Gasteiger charge is 2.10. The van der Waals surface area contributed by atoms with Gasteiger partial charge in [0.25, 0.3) is 0 Å². The van der Waals surface area contributed by atoms with E-state index in [0.29, 0.717) is 18.5 Å². The molecule has 2 rings (SSSR count). The summed E-state index contributed by atoms with van der Waals surface area (Å²) in [6.45, 7) is 10.1. The molecule has 0 bridgehead atoms. The average molecular weight is 342 g/mol. The van der Waals surface area contributed by atoms with Gasteiger partial charge in [-0.15, -0.1) is 0 Å². The Hall–Kier alpha value is -2.30. The molecule has 2 N–H and O–H groups in total. The van der Waals surface area contributed by atoms with Crippen molar-refractivity contribution in [1.29, 1.82) is 0 Å². The molecule has 1 aromatic carbocycles. The molecule has 0 aliphatic heterocycles. The topological polar surface area (TPSA) is 52.6 Å². The number of pyridine rings is 1. The number of nitrogens with zero attached hydrogens (tertiary/aromatic N) is 3. The molecule has 1 aromatic heterocycles. The molecular weight excluding hydrogens is 310 g/mol. The zero-order chi connectivity index (χ0) is 18.4. The summed E-state index contributed by atoms with van der Waals surface area (Å²) in [5, 5.41) is 7.98. The minimum atomic E-state index is 0.365. The third kappa shape index (κ3) is 5.08. The molecule has 1 unspecified atom stereocenters. The summed E-state index contributed by atoms with van der Waals surface area (Å²) in [6, 6.07) is 10.7. The maximum Gasteiger partial charge on any atom is 0.191 e. The standard InChI is InChI=1S/C20H31N5/c1-7-21-20(23-15(4)14(2)3)22-13-16-12-19(25(5)6)24-18-11-9-8-10-17(16)18/h8-12,14-15H,7,13H2,1-6H3,(H2,21,22,23). The van der Waals surface area contributed by atoms with Crippen LogP contribution in [0, 0.1) is 5.92 Å². The van der Waals surface area contributed by atoms with Crippen molar-refractivity contribution < 1.29 is 0 Å². The SMILES string of the molecule is CCNC(=NCc1cc(N(C)C)nc2ccccc12)NC(C)C(C)C. The molecule has 0 aliphatic rings. The Morgan fingerprint density at radius 2 is 1.92 bits per heavy atom. The van der Waals surface area contributed by atoms with Gasteiger partial charge in [-0.1, -0.05) is 32.0 Å². The Labute approximate surface area is 151 Å². The lowest BCUT2D eigenvalue weighted by atomic mass is 10.1. The van der Waals surface area contributed by atoms with Gasteiger partial charge in [0.15, 0.2) is 5.96 Å². The second-order valence-electron chi connectivity index (χ2n) is 6.92. The van der Waals surface area contributed by atoms with Gasteiger partial charge in [-0.2, -0.15) is 0 Å². The first kappa shape index (κ1) is 19.0. The van der Waals surface area contributed by atoms with E-state index in [1.54, 1.807) is 0 Å². The molecule has 5 nitrogen and oxygen atoms in total. The van der Waals surface area contributed by atoms with Crippen LogP contribution in [0.4, 0.5) is 5.82 Å². The monoisotopic (exact) mass is 341 g/mol. The van der Waals surface area contributed by atoms with E-state index >= 15 is 0 Å². The van der Waals surface area contributed by atoms with E-state index in [0.717, 1.165) is 29.2 Å². The van der Waals surface area contributed by atoms with Crippen molar-refractivity contribution in [2.45, 2.75) is 40.3 Å². The predicted molar refractivity (Wildman–Crippen MR) is 108 cm³/mol. The van der Waals surface area contributed by atoms with Crippen LogP contribution in [0.25, 0.3) is 10.9 Å². The Balaban J connectivity index is 2.33. The van der Waals surface area contributed by atoms with Gasteiger partial charge in [0.05, 0.1) is 12.1 Å². The lowest BCUT2D eigenvalue weighted by Crippen LogP contribution is -2.44. The van der Waals surface area contributed by atoms with Crippen LogP contribution in [0.3, 0.4) is 0 Å². The molecule has 0 spiro atoms. The first-order valence-electron chi connectivity index (χ1n) is 9.03. The third-order valence-corrected chi connectivity index (χ3v) is 4.36. The van der Waals surface area contributed by atoms with Gasteiger partial charge in [-0.25, -0.2) is 9.98 Å². The van der Waals surface area contributed by atoms with Gasteiger partial charge >= 0.3 is 0 Å². The number of nitrogens with one attached hydrogen (secondary N) is 2. The van der Waals surface area contributed by atoms with Crippen molar-refractivity contribution in [1.82, 2.24) is 15.6 Å². The first-order chi connectivity index (χ1) is 11.9. The number of guanidine groups is 1. The van der Waals surface area contributed by atoms with E-state index in [4.69, 9.17) is 9.98 Å². The van der Waals surface area contributed by atoms with Crippen LogP contribution >= 0.6 is 0 Å². The molecule has 0 fully saturated rings. The molecule has 2 aromatic rings. The number of fused-ring (bicyclic) bond motifs is 1. The zero-order valence-corrected chi connectivity index (χ0v) is 16.3. The first-order valence-corrected chi connectivity index (χ1v) is 9.03. The van der Waals surface area contributed by atoms with Crippen LogP contribution in [0.15, 0.2) is 35.3 Å². The van der Waals surface area contributed by atoms with Crippen LogP contribution in [0.2, 0.25) is 0 Å². The van der Waals surface area contributed by atoms with E-state index in [9.17, 15) is 0 Å². The number of rotatable bonds is 6. The summed E-state index contributed by atoms with van der Waals surface area (Å²) in [6.07, 6.45) is 0. The van der Waals surface area contributed by atoms with Crippen LogP contribution in [-0.2, 0) is 6.54 Å². The lowest BCUT2D eigenvalue weighted by molar-refractivity contribution is 0.481. The van der Waals surface area contributed by atoms with Gasteiger partial charge in [-0.05, 0) is 37.5 Å². The Kier molecular flexibility index (Phi) is 6.62. The fourth-order valence-electron chi connectivity index (χ4n) is 2.46. The molecule has 0 amide bonds. The van der Waals surface area contributed by atoms with Crippen molar-refractivity contribution in [3.05, 3.63) is 35.9 Å². The number of aromatic nitrogens is 1. The quantitative estimate of drug-likeness (QED) is 0.624. The normalized spacial score (nSPS) is 13.2. The van der Waals surface area contributed by atoms with E-state index in [1.165, 1.54) is 5.56 Å². The smallest absolute Gasteiger partial charge is 0.191 e. The largest absolute Gasteiger partial charge is 0.363 e. The zero-order valence-electron chi connectivity index (χ0n) is 16.3. The van der Waals surface area contributed by atoms with Crippen LogP contribution < -0.4 is 15.5 Å². The molecular formula is C20H31N5. The van der Waals surface area contributed by atoms with E-state index in [-0.39, 0.29) is 0 Å². The van der Waals surface area contributed by atoms with E-state index in [1.807, 2.05) is 25.1 Å². The van der Waals surface area contributed by atoms with Crippen molar-refractivity contribution in [2.75, 3.05) is 25.5 Å². The summed E-state index contributed by atoms with van der Waals surface area (Å²) < 4.78 is 0. The second-order valence-corrected chi connectivity index (χ2v) is 6.92. The minimum absolute atomic E-state index is 0.365. The van der Waals surface area contributed by atoms with E-state index in [2.05, 4.69) is 62.6 Å². The maximum absolute atomic E-state index is 4.80. The molecule has 1 atom stereocenters. The highest BCUT2D eigenvalue weighted by atomic mass is 15.2. The molecule has 5 heteroatoms. The van der Waals surface area contributed by atoms with Crippen molar-refractivity contribution in [3.63, 3.8) is 0 Å². The van der Waals surface area contributed by atoms with Gasteiger partial charge in [0.2, 0.25) is 0 Å². The molecule has 0 saturated heterocycles. The fourth-order valence-corrected chi connectivity index (χ4v) is 2.46. The summed E-state index contributed by atoms with van der Waals surface area (Å²) in [7, 11) is 4.03. The van der Waals surface area contributed by atoms with Gasteiger partial charge in [-0.3, -0.25) is 0 Å². The Bertz CT molecular complexity index is 721. The fraction of sp³-hybridized carbons (Fsp3) is 0.500. The number of hydrogen-bond acceptors (Lipinski definition) is 3. The van der Waals surface area contributed by atoms with Gasteiger partial charge < -0.3 is 15.5 Å². The molecule has 0 aliphatic carbocycles. The van der Waals surface area contributed by atoms with Gasteiger partial charge in [0.1, 0.15) is 5.82 Å². The molecule has 136 valence electrons. The minimum Gasteiger partial charge on any atom is -0.363 e. The van der Waals surface area contributed by atoms with Crippen molar-refractivity contribution >= 4 is 22.7 Å². The van der Waals surface area contributed by atoms with Crippen molar-refractivity contribution in [2.24, 2.45) is 10.9 Å². The number of hydrogen-bond donors (Lipinski definition) is 2. The van der Waals surface area contributed by atoms with E-state index < -0.39 is 0 Å². The summed E-state index contributed by atoms with van der Waals surface area (Å²) in [5.74, 6) is 2.36. The summed E-state index contributed by atoms with van der Waals surface area (Å²) in [5.41, 5.74) is 2.19. The highest BCUT2D eigenvalue weighted by Crippen LogP contribution is 2.22. The highest BCUT2D eigenvalue weighted by molar-refractivity contribution is 5.85. The Morgan fingerprint density at radius 3 is 2.56 bits per heavy atom. The molecule has 0 radical (unpaired) electrons. The maximum atomic E-state index is 4.80. The molecule has 25 heavy (non-hydrogen) atoms. The predicted octanol–water partition coefficient (Wildman–Crippen LogP) is 3.40. The summed E-state index contributed by atoms with van der Waals surface area (Å²) >= 11 is 0. The summed E-state index contributed by atoms with van der Waals surface area (Å²) in [4.78, 5) is 11.6. The second kappa shape index (κ2) is 8.70. The van der Waals surface area contributed by atoms with Crippen LogP contribution in [0.5, 0.6) is 0 Å². The lowest BCUT2D eigenvalue weighted by Gasteiger charge is -2.21. The van der Waals surface area contributed by atoms with Crippen molar-refractivity contribution in [3.8, 4) is 0 Å². The number of anilines is 1.